The SMILES string of the molecule is C#CCCC1(C)CC(O)CCC2C1CCC1(C)[C@@H]([C@H](C)CCCC(C)C)CC[C@@H]21. The number of hydrogen-bond acceptors (Lipinski definition) is 1. The molecule has 0 amide bonds. The van der Waals surface area contributed by atoms with Crippen LogP contribution in [0.4, 0.5) is 0 Å². The van der Waals surface area contributed by atoms with Crippen molar-refractivity contribution in [2.24, 2.45) is 46.3 Å². The zero-order chi connectivity index (χ0) is 21.2. The van der Waals surface area contributed by atoms with Gasteiger partial charge in [0.05, 0.1) is 6.10 Å². The predicted molar refractivity (Wildman–Crippen MR) is 124 cm³/mol. The van der Waals surface area contributed by atoms with Crippen molar-refractivity contribution in [3.63, 3.8) is 0 Å². The van der Waals surface area contributed by atoms with E-state index in [2.05, 4.69) is 40.5 Å². The summed E-state index contributed by atoms with van der Waals surface area (Å²) in [5, 5.41) is 10.7. The Morgan fingerprint density at radius 2 is 1.76 bits per heavy atom. The third-order valence-corrected chi connectivity index (χ3v) is 9.91. The molecule has 1 heteroatoms. The van der Waals surface area contributed by atoms with Gasteiger partial charge in [-0.25, -0.2) is 0 Å². The van der Waals surface area contributed by atoms with E-state index in [4.69, 9.17) is 6.42 Å². The van der Waals surface area contributed by atoms with Crippen LogP contribution in [-0.2, 0) is 0 Å². The highest BCUT2D eigenvalue weighted by molar-refractivity contribution is 5.07. The smallest absolute Gasteiger partial charge is 0.0545 e. The average molecular weight is 401 g/mol. The molecule has 0 radical (unpaired) electrons. The fourth-order valence-corrected chi connectivity index (χ4v) is 8.40. The molecule has 0 aliphatic heterocycles. The molecule has 5 unspecified atom stereocenters. The number of rotatable bonds is 7. The van der Waals surface area contributed by atoms with Crippen molar-refractivity contribution in [3.8, 4) is 12.3 Å². The van der Waals surface area contributed by atoms with Crippen LogP contribution in [0.3, 0.4) is 0 Å². The summed E-state index contributed by atoms with van der Waals surface area (Å²) in [5.41, 5.74) is 0.760. The largest absolute Gasteiger partial charge is 0.393 e. The van der Waals surface area contributed by atoms with Crippen LogP contribution >= 0.6 is 0 Å². The maximum atomic E-state index is 10.7. The Morgan fingerprint density at radius 3 is 2.45 bits per heavy atom. The molecular weight excluding hydrogens is 352 g/mol. The van der Waals surface area contributed by atoms with Gasteiger partial charge in [-0.05, 0) is 97.7 Å². The van der Waals surface area contributed by atoms with Gasteiger partial charge in [0.2, 0.25) is 0 Å². The molecule has 3 fully saturated rings. The van der Waals surface area contributed by atoms with Crippen molar-refractivity contribution < 1.29 is 5.11 Å². The van der Waals surface area contributed by atoms with E-state index in [0.717, 1.165) is 61.2 Å². The lowest BCUT2D eigenvalue weighted by atomic mass is 9.51. The fraction of sp³-hybridized carbons (Fsp3) is 0.929. The molecule has 3 saturated carbocycles. The third kappa shape index (κ3) is 4.74. The summed E-state index contributed by atoms with van der Waals surface area (Å²) in [6.45, 7) is 12.4. The van der Waals surface area contributed by atoms with Crippen LogP contribution in [0.1, 0.15) is 112 Å². The first kappa shape index (κ1) is 23.2. The van der Waals surface area contributed by atoms with E-state index in [-0.39, 0.29) is 11.5 Å². The minimum Gasteiger partial charge on any atom is -0.393 e. The van der Waals surface area contributed by atoms with Gasteiger partial charge >= 0.3 is 0 Å². The molecule has 0 aromatic heterocycles. The summed E-state index contributed by atoms with van der Waals surface area (Å²) in [4.78, 5) is 0. The molecule has 0 aromatic rings. The highest BCUT2D eigenvalue weighted by Gasteiger charge is 2.57. The minimum atomic E-state index is -0.123. The minimum absolute atomic E-state index is 0.123. The van der Waals surface area contributed by atoms with Gasteiger partial charge in [-0.3, -0.25) is 0 Å². The lowest BCUT2D eigenvalue weighted by Crippen LogP contribution is -2.46. The summed E-state index contributed by atoms with van der Waals surface area (Å²) in [6, 6.07) is 0. The van der Waals surface area contributed by atoms with Gasteiger partial charge in [-0.2, -0.15) is 0 Å². The Labute approximate surface area is 181 Å². The maximum absolute atomic E-state index is 10.7. The Kier molecular flexibility index (Phi) is 7.47. The Bertz CT molecular complexity index is 573. The van der Waals surface area contributed by atoms with Gasteiger partial charge in [0.25, 0.3) is 0 Å². The van der Waals surface area contributed by atoms with Crippen LogP contribution in [0.2, 0.25) is 0 Å². The highest BCUT2D eigenvalue weighted by atomic mass is 16.3. The molecule has 3 aliphatic rings. The quantitative estimate of drug-likeness (QED) is 0.439. The molecule has 1 nitrogen and oxygen atoms in total. The van der Waals surface area contributed by atoms with E-state index in [1.165, 1.54) is 51.4 Å². The predicted octanol–water partition coefficient (Wildman–Crippen LogP) is 7.47. The second-order valence-electron chi connectivity index (χ2n) is 12.2. The van der Waals surface area contributed by atoms with E-state index >= 15 is 0 Å². The lowest BCUT2D eigenvalue weighted by Gasteiger charge is -2.54. The summed E-state index contributed by atoms with van der Waals surface area (Å²) in [6.07, 6.45) is 20.5. The fourth-order valence-electron chi connectivity index (χ4n) is 8.40. The van der Waals surface area contributed by atoms with Gasteiger partial charge in [0.1, 0.15) is 0 Å². The normalized spacial score (nSPS) is 43.3. The van der Waals surface area contributed by atoms with Crippen LogP contribution in [0, 0.1) is 58.7 Å². The second-order valence-corrected chi connectivity index (χ2v) is 12.2. The molecule has 8 atom stereocenters. The Morgan fingerprint density at radius 1 is 1.00 bits per heavy atom. The van der Waals surface area contributed by atoms with E-state index in [9.17, 15) is 5.11 Å². The second kappa shape index (κ2) is 9.34. The number of terminal acetylenes is 1. The molecule has 0 aromatic carbocycles. The molecule has 0 bridgehead atoms. The van der Waals surface area contributed by atoms with Crippen LogP contribution in [-0.4, -0.2) is 11.2 Å². The maximum Gasteiger partial charge on any atom is 0.0545 e. The molecule has 1 N–H and O–H groups in total. The van der Waals surface area contributed by atoms with Crippen molar-refractivity contribution >= 4 is 0 Å². The van der Waals surface area contributed by atoms with Crippen LogP contribution in [0.25, 0.3) is 0 Å². The molecule has 0 spiro atoms. The van der Waals surface area contributed by atoms with E-state index < -0.39 is 0 Å². The molecule has 3 aliphatic carbocycles. The zero-order valence-corrected chi connectivity index (χ0v) is 20.1. The summed E-state index contributed by atoms with van der Waals surface area (Å²) in [7, 11) is 0. The number of fused-ring (bicyclic) bond motifs is 3. The Hall–Kier alpha value is -0.480. The monoisotopic (exact) mass is 400 g/mol. The third-order valence-electron chi connectivity index (χ3n) is 9.91. The molecule has 166 valence electrons. The Balaban J connectivity index is 1.75. The average Bonchev–Trinajstić information content (AvgIpc) is 2.95. The van der Waals surface area contributed by atoms with Crippen molar-refractivity contribution in [1.29, 1.82) is 0 Å². The first-order chi connectivity index (χ1) is 13.7. The lowest BCUT2D eigenvalue weighted by molar-refractivity contribution is -0.0510. The van der Waals surface area contributed by atoms with Crippen LogP contribution < -0.4 is 0 Å². The zero-order valence-electron chi connectivity index (χ0n) is 20.1. The van der Waals surface area contributed by atoms with Crippen molar-refractivity contribution in [2.75, 3.05) is 0 Å². The summed E-state index contributed by atoms with van der Waals surface area (Å²) >= 11 is 0. The van der Waals surface area contributed by atoms with Crippen LogP contribution in [0.15, 0.2) is 0 Å². The topological polar surface area (TPSA) is 20.2 Å². The molecular formula is C28H48O. The van der Waals surface area contributed by atoms with E-state index in [1.807, 2.05) is 0 Å². The first-order valence-electron chi connectivity index (χ1n) is 12.8. The highest BCUT2D eigenvalue weighted by Crippen LogP contribution is 2.65. The molecule has 3 rings (SSSR count). The molecule has 29 heavy (non-hydrogen) atoms. The number of aliphatic hydroxyl groups excluding tert-OH is 1. The van der Waals surface area contributed by atoms with Gasteiger partial charge < -0.3 is 5.11 Å². The first-order valence-corrected chi connectivity index (χ1v) is 12.8. The van der Waals surface area contributed by atoms with Gasteiger partial charge in [0, 0.05) is 6.42 Å². The van der Waals surface area contributed by atoms with Gasteiger partial charge in [-0.1, -0.05) is 53.9 Å². The van der Waals surface area contributed by atoms with Crippen LogP contribution in [0.5, 0.6) is 0 Å². The van der Waals surface area contributed by atoms with E-state index in [1.54, 1.807) is 0 Å². The van der Waals surface area contributed by atoms with Crippen molar-refractivity contribution in [3.05, 3.63) is 0 Å². The molecule has 0 heterocycles. The number of aliphatic hydroxyl groups is 1. The summed E-state index contributed by atoms with van der Waals surface area (Å²) < 4.78 is 0. The standard InChI is InChI=1S/C28H48O/c1-7-8-17-27(5)19-22(29)12-13-23-25(27)16-18-28(6)24(14-15-26(23)28)21(4)11-9-10-20(2)3/h1,20-26,29H,8-19H2,2-6H3/t21-,22?,23?,24-,25?,26+,27?,28?/m1/s1. The summed E-state index contributed by atoms with van der Waals surface area (Å²) in [5.74, 6) is 7.94. The van der Waals surface area contributed by atoms with E-state index in [0.29, 0.717) is 5.41 Å². The van der Waals surface area contributed by atoms with Crippen molar-refractivity contribution in [2.45, 2.75) is 118 Å². The van der Waals surface area contributed by atoms with Crippen molar-refractivity contribution in [1.82, 2.24) is 0 Å². The van der Waals surface area contributed by atoms with Gasteiger partial charge in [-0.15, -0.1) is 12.3 Å². The number of hydrogen-bond donors (Lipinski definition) is 1. The molecule has 0 saturated heterocycles. The van der Waals surface area contributed by atoms with Gasteiger partial charge in [0.15, 0.2) is 0 Å².